The first kappa shape index (κ1) is 26.9. The summed E-state index contributed by atoms with van der Waals surface area (Å²) in [5.41, 5.74) is 2.14. The summed E-state index contributed by atoms with van der Waals surface area (Å²) in [7, 11) is 1.55. The van der Waals surface area contributed by atoms with E-state index < -0.39 is 5.91 Å². The largest absolute Gasteiger partial charge is 0.493 e. The summed E-state index contributed by atoms with van der Waals surface area (Å²) in [5.74, 6) is 1.31. The Morgan fingerprint density at radius 2 is 1.84 bits per heavy atom. The van der Waals surface area contributed by atoms with E-state index in [2.05, 4.69) is 58.9 Å². The van der Waals surface area contributed by atoms with Gasteiger partial charge < -0.3 is 14.2 Å². The number of nitrogens with one attached hydrogen (secondary N) is 1. The van der Waals surface area contributed by atoms with E-state index in [1.54, 1.807) is 25.3 Å². The van der Waals surface area contributed by atoms with Gasteiger partial charge in [-0.25, -0.2) is 0 Å². The Balaban J connectivity index is 1.44. The number of carbonyl (C=O) groups excluding carboxylic acids is 1. The molecule has 2 heterocycles. The first-order chi connectivity index (χ1) is 17.6. The molecule has 0 saturated carbocycles. The number of amides is 1. The molecule has 0 bridgehead atoms. The predicted molar refractivity (Wildman–Crippen MR) is 152 cm³/mol. The van der Waals surface area contributed by atoms with Gasteiger partial charge in [0.2, 0.25) is 5.17 Å². The van der Waals surface area contributed by atoms with Gasteiger partial charge in [0.25, 0.3) is 5.91 Å². The fourth-order valence-corrected chi connectivity index (χ4v) is 5.06. The maximum absolute atomic E-state index is 12.6. The number of nitrogens with zero attached hydrogens (tertiary/aromatic N) is 3. The lowest BCUT2D eigenvalue weighted by Crippen LogP contribution is -2.35. The van der Waals surface area contributed by atoms with Crippen LogP contribution in [-0.2, 0) is 10.2 Å². The molecule has 10 heteroatoms. The van der Waals surface area contributed by atoms with Gasteiger partial charge in [0, 0.05) is 0 Å². The second kappa shape index (κ2) is 11.1. The highest BCUT2D eigenvalue weighted by atomic mass is 79.9. The number of hydrogen-bond acceptors (Lipinski definition) is 7. The van der Waals surface area contributed by atoms with Crippen LogP contribution in [0, 0.1) is 5.41 Å². The van der Waals surface area contributed by atoms with Crippen molar-refractivity contribution in [2.45, 2.75) is 39.5 Å². The van der Waals surface area contributed by atoms with Gasteiger partial charge in [0.15, 0.2) is 17.3 Å². The molecule has 0 spiro atoms. The number of aliphatic imine (C=N–C) groups is 1. The van der Waals surface area contributed by atoms with Crippen molar-refractivity contribution < 1.29 is 19.0 Å². The van der Waals surface area contributed by atoms with Gasteiger partial charge in [0.05, 0.1) is 17.2 Å². The van der Waals surface area contributed by atoms with Crippen molar-refractivity contribution in [3.8, 4) is 17.2 Å². The molecule has 1 N–H and O–H groups in total. The third kappa shape index (κ3) is 6.07. The minimum Gasteiger partial charge on any atom is -0.493 e. The average molecular weight is 586 g/mol. The Bertz CT molecular complexity index is 1310. The summed E-state index contributed by atoms with van der Waals surface area (Å²) in [4.78, 5) is 16.7. The van der Waals surface area contributed by atoms with Gasteiger partial charge in [-0.15, -0.1) is 0 Å². The summed E-state index contributed by atoms with van der Waals surface area (Å²) in [6.07, 6.45) is 2.32. The average Bonchev–Trinajstić information content (AvgIpc) is 3.28. The molecule has 2 aromatic rings. The lowest BCUT2D eigenvalue weighted by molar-refractivity contribution is -0.114. The van der Waals surface area contributed by atoms with Crippen molar-refractivity contribution in [3.63, 3.8) is 0 Å². The molecule has 0 saturated heterocycles. The highest BCUT2D eigenvalue weighted by Crippen LogP contribution is 2.38. The van der Waals surface area contributed by atoms with Gasteiger partial charge >= 0.3 is 0 Å². The summed E-state index contributed by atoms with van der Waals surface area (Å²) in [6.45, 7) is 9.16. The Morgan fingerprint density at radius 1 is 1.14 bits per heavy atom. The fraction of sp³-hybridized carbons (Fsp3) is 0.333. The van der Waals surface area contributed by atoms with E-state index in [0.29, 0.717) is 46.3 Å². The third-order valence-corrected chi connectivity index (χ3v) is 7.32. The number of carbonyl (C=O) groups is 1. The fourth-order valence-electron chi connectivity index (χ4n) is 3.66. The number of rotatable bonds is 8. The molecule has 0 aliphatic carbocycles. The molecule has 8 nitrogen and oxygen atoms in total. The van der Waals surface area contributed by atoms with Crippen LogP contribution >= 0.6 is 27.7 Å². The molecule has 0 atom stereocenters. The highest BCUT2D eigenvalue weighted by molar-refractivity contribution is 9.10. The molecule has 0 radical (unpaired) electrons. The first-order valence-corrected chi connectivity index (χ1v) is 13.4. The molecule has 37 heavy (non-hydrogen) atoms. The van der Waals surface area contributed by atoms with Crippen molar-refractivity contribution in [2.24, 2.45) is 10.1 Å². The van der Waals surface area contributed by atoms with E-state index in [1.807, 2.05) is 19.1 Å². The van der Waals surface area contributed by atoms with Gasteiger partial charge in [-0.3, -0.25) is 10.2 Å². The Morgan fingerprint density at radius 3 is 2.49 bits per heavy atom. The van der Waals surface area contributed by atoms with Crippen molar-refractivity contribution >= 4 is 55.7 Å². The standard InChI is InChI=1S/C27H29BrN4O4S/c1-6-22-31-32-24(29)19(25(33)30-26(32)37-22)13-16-14-20(28)23(21(15-16)34-5)36-12-11-35-18-9-7-17(8-10-18)27(2,3)4/h7-10,13-15,29H,6,11-12H2,1-5H3/b19-13+,29-24?. The molecule has 2 aliphatic heterocycles. The molecule has 2 aromatic carbocycles. The summed E-state index contributed by atoms with van der Waals surface area (Å²) >= 11 is 4.86. The van der Waals surface area contributed by atoms with E-state index >= 15 is 0 Å². The Kier molecular flexibility index (Phi) is 8.08. The third-order valence-electron chi connectivity index (χ3n) is 5.68. The number of ether oxygens (including phenoxy) is 3. The Hall–Kier alpha value is -3.11. The van der Waals surface area contributed by atoms with Crippen LogP contribution in [0.15, 0.2) is 56.5 Å². The van der Waals surface area contributed by atoms with Crippen LogP contribution < -0.4 is 14.2 Å². The molecule has 0 aromatic heterocycles. The summed E-state index contributed by atoms with van der Waals surface area (Å²) < 4.78 is 18.0. The zero-order chi connectivity index (χ0) is 26.7. The molecule has 2 aliphatic rings. The zero-order valence-corrected chi connectivity index (χ0v) is 23.8. The van der Waals surface area contributed by atoms with Gasteiger partial charge in [0.1, 0.15) is 24.0 Å². The minimum absolute atomic E-state index is 0.00551. The van der Waals surface area contributed by atoms with Crippen LogP contribution in [0.3, 0.4) is 0 Å². The zero-order valence-electron chi connectivity index (χ0n) is 21.4. The van der Waals surface area contributed by atoms with Crippen LogP contribution in [-0.4, -0.2) is 47.3 Å². The highest BCUT2D eigenvalue weighted by Gasteiger charge is 2.35. The maximum Gasteiger partial charge on any atom is 0.283 e. The number of methoxy groups -OCH3 is 1. The van der Waals surface area contributed by atoms with Crippen molar-refractivity contribution in [1.82, 2.24) is 5.01 Å². The monoisotopic (exact) mass is 584 g/mol. The number of fused-ring (bicyclic) bond motifs is 1. The summed E-state index contributed by atoms with van der Waals surface area (Å²) in [6, 6.07) is 11.6. The van der Waals surface area contributed by atoms with Crippen LogP contribution in [0.25, 0.3) is 6.08 Å². The van der Waals surface area contributed by atoms with E-state index in [1.165, 1.54) is 22.3 Å². The number of hydrazone groups is 1. The van der Waals surface area contributed by atoms with Crippen molar-refractivity contribution in [1.29, 1.82) is 5.41 Å². The number of hydrogen-bond donors (Lipinski definition) is 1. The molecule has 1 amide bonds. The predicted octanol–water partition coefficient (Wildman–Crippen LogP) is 6.24. The van der Waals surface area contributed by atoms with Crippen molar-refractivity contribution in [2.75, 3.05) is 20.3 Å². The van der Waals surface area contributed by atoms with Gasteiger partial charge in [-0.2, -0.15) is 15.1 Å². The lowest BCUT2D eigenvalue weighted by Gasteiger charge is -2.20. The minimum atomic E-state index is -0.473. The number of halogens is 1. The second-order valence-electron chi connectivity index (χ2n) is 9.37. The number of benzene rings is 2. The molecule has 0 unspecified atom stereocenters. The van der Waals surface area contributed by atoms with Gasteiger partial charge in [-0.05, 0) is 81.0 Å². The molecule has 4 rings (SSSR count). The molecular weight excluding hydrogens is 556 g/mol. The van der Waals surface area contributed by atoms with E-state index in [-0.39, 0.29) is 16.8 Å². The molecular formula is C27H29BrN4O4S. The quantitative estimate of drug-likeness (QED) is 0.291. The number of thioether (sulfide) groups is 1. The topological polar surface area (TPSA) is 96.6 Å². The molecule has 0 fully saturated rings. The van der Waals surface area contributed by atoms with E-state index in [0.717, 1.165) is 10.8 Å². The maximum atomic E-state index is 12.6. The first-order valence-electron chi connectivity index (χ1n) is 11.8. The molecule has 194 valence electrons. The van der Waals surface area contributed by atoms with Crippen LogP contribution in [0.2, 0.25) is 0 Å². The van der Waals surface area contributed by atoms with Crippen LogP contribution in [0.1, 0.15) is 45.2 Å². The van der Waals surface area contributed by atoms with E-state index in [9.17, 15) is 4.79 Å². The van der Waals surface area contributed by atoms with Crippen LogP contribution in [0.4, 0.5) is 0 Å². The van der Waals surface area contributed by atoms with Crippen LogP contribution in [0.5, 0.6) is 17.2 Å². The van der Waals surface area contributed by atoms with E-state index in [4.69, 9.17) is 19.6 Å². The number of amidine groups is 2. The lowest BCUT2D eigenvalue weighted by atomic mass is 9.87. The van der Waals surface area contributed by atoms with Gasteiger partial charge in [-0.1, -0.05) is 39.8 Å². The second-order valence-corrected chi connectivity index (χ2v) is 11.3. The summed E-state index contributed by atoms with van der Waals surface area (Å²) in [5, 5.41) is 15.5. The Labute approximate surface area is 229 Å². The van der Waals surface area contributed by atoms with Crippen molar-refractivity contribution in [3.05, 3.63) is 57.6 Å². The smallest absolute Gasteiger partial charge is 0.283 e. The normalized spacial score (nSPS) is 16.5. The SMILES string of the molecule is CCC1=NN2C(=N)/C(=C\c3cc(Br)c(OCCOc4ccc(C(C)(C)C)cc4)c(OC)c3)C(=O)N=C2S1.